The van der Waals surface area contributed by atoms with Crippen LogP contribution in [0.5, 0.6) is 5.75 Å². The quantitative estimate of drug-likeness (QED) is 0.687. The Hall–Kier alpha value is -1.20. The Bertz CT molecular complexity index is 395. The van der Waals surface area contributed by atoms with Crippen molar-refractivity contribution >= 4 is 17.7 Å². The fraction of sp³-hybridized carbons (Fsp3) is 0.533. The molecule has 20 heavy (non-hydrogen) atoms. The third kappa shape index (κ3) is 6.30. The minimum Gasteiger partial charge on any atom is -0.494 e. The van der Waals surface area contributed by atoms with Crippen molar-refractivity contribution in [1.29, 1.82) is 0 Å². The standard InChI is InChI=1S/C15H23NO3S/c1-3-12(9-10-17)16-15(18)11-20-14-7-5-13(6-8-14)19-4-2/h5-8,12,17H,3-4,9-11H2,1-2H3,(H,16,18). The number of benzene rings is 1. The third-order valence-corrected chi connectivity index (χ3v) is 3.85. The molecule has 0 aliphatic heterocycles. The van der Waals surface area contributed by atoms with E-state index in [-0.39, 0.29) is 18.6 Å². The first-order valence-electron chi connectivity index (χ1n) is 6.95. The Morgan fingerprint density at radius 3 is 2.60 bits per heavy atom. The van der Waals surface area contributed by atoms with Gasteiger partial charge in [0.1, 0.15) is 5.75 Å². The maximum absolute atomic E-state index is 11.8. The van der Waals surface area contributed by atoms with Crippen LogP contribution < -0.4 is 10.1 Å². The first kappa shape index (κ1) is 16.9. The Kier molecular flexibility index (Phi) is 8.14. The van der Waals surface area contributed by atoms with Gasteiger partial charge >= 0.3 is 0 Å². The van der Waals surface area contributed by atoms with Gasteiger partial charge in [0, 0.05) is 17.5 Å². The van der Waals surface area contributed by atoms with Gasteiger partial charge in [0.2, 0.25) is 5.91 Å². The molecule has 0 saturated heterocycles. The minimum absolute atomic E-state index is 0.00387. The van der Waals surface area contributed by atoms with Crippen LogP contribution >= 0.6 is 11.8 Å². The zero-order valence-corrected chi connectivity index (χ0v) is 12.9. The lowest BCUT2D eigenvalue weighted by Gasteiger charge is -2.15. The summed E-state index contributed by atoms with van der Waals surface area (Å²) in [6, 6.07) is 7.78. The summed E-state index contributed by atoms with van der Waals surface area (Å²) in [5, 5.41) is 11.8. The number of hydrogen-bond acceptors (Lipinski definition) is 4. The molecule has 2 N–H and O–H groups in total. The van der Waals surface area contributed by atoms with Gasteiger partial charge in [-0.3, -0.25) is 4.79 Å². The molecule has 1 unspecified atom stereocenters. The average Bonchev–Trinajstić information content (AvgIpc) is 2.46. The molecule has 0 saturated carbocycles. The molecule has 5 heteroatoms. The summed E-state index contributed by atoms with van der Waals surface area (Å²) in [5.41, 5.74) is 0. The molecule has 112 valence electrons. The number of aliphatic hydroxyl groups is 1. The maximum atomic E-state index is 11.8. The Labute approximate surface area is 124 Å². The summed E-state index contributed by atoms with van der Waals surface area (Å²) < 4.78 is 5.37. The summed E-state index contributed by atoms with van der Waals surface area (Å²) in [6.45, 7) is 4.70. The van der Waals surface area contributed by atoms with Gasteiger partial charge in [-0.1, -0.05) is 6.92 Å². The molecular weight excluding hydrogens is 274 g/mol. The van der Waals surface area contributed by atoms with Gasteiger partial charge in [-0.05, 0) is 44.0 Å². The van der Waals surface area contributed by atoms with Crippen molar-refractivity contribution in [3.05, 3.63) is 24.3 Å². The molecule has 0 aliphatic carbocycles. The van der Waals surface area contributed by atoms with E-state index in [1.807, 2.05) is 38.1 Å². The number of amides is 1. The zero-order valence-electron chi connectivity index (χ0n) is 12.1. The molecule has 0 bridgehead atoms. The first-order valence-corrected chi connectivity index (χ1v) is 7.94. The smallest absolute Gasteiger partial charge is 0.230 e. The molecule has 1 aromatic carbocycles. The molecule has 1 aromatic rings. The molecule has 0 aliphatic rings. The predicted octanol–water partition coefficient (Wildman–Crippen LogP) is 2.45. The average molecular weight is 297 g/mol. The number of carbonyl (C=O) groups excluding carboxylic acids is 1. The topological polar surface area (TPSA) is 58.6 Å². The van der Waals surface area contributed by atoms with Gasteiger partial charge in [0.15, 0.2) is 0 Å². The van der Waals surface area contributed by atoms with Crippen molar-refractivity contribution < 1.29 is 14.6 Å². The number of ether oxygens (including phenoxy) is 1. The number of carbonyl (C=O) groups is 1. The summed E-state index contributed by atoms with van der Waals surface area (Å²) in [4.78, 5) is 12.8. The van der Waals surface area contributed by atoms with Gasteiger partial charge < -0.3 is 15.2 Å². The monoisotopic (exact) mass is 297 g/mol. The van der Waals surface area contributed by atoms with Crippen molar-refractivity contribution in [2.75, 3.05) is 19.0 Å². The number of rotatable bonds is 9. The highest BCUT2D eigenvalue weighted by molar-refractivity contribution is 8.00. The van der Waals surface area contributed by atoms with Crippen LogP contribution in [0.2, 0.25) is 0 Å². The van der Waals surface area contributed by atoms with E-state index in [9.17, 15) is 4.79 Å². The molecule has 1 atom stereocenters. The normalized spacial score (nSPS) is 11.9. The number of aliphatic hydroxyl groups excluding tert-OH is 1. The SMILES string of the molecule is CCOc1ccc(SCC(=O)NC(CC)CCO)cc1. The number of hydrogen-bond donors (Lipinski definition) is 2. The van der Waals surface area contributed by atoms with Crippen molar-refractivity contribution in [1.82, 2.24) is 5.32 Å². The highest BCUT2D eigenvalue weighted by Crippen LogP contribution is 2.21. The third-order valence-electron chi connectivity index (χ3n) is 2.84. The highest BCUT2D eigenvalue weighted by Gasteiger charge is 2.10. The lowest BCUT2D eigenvalue weighted by Crippen LogP contribution is -2.36. The summed E-state index contributed by atoms with van der Waals surface area (Å²) in [6.07, 6.45) is 1.44. The van der Waals surface area contributed by atoms with E-state index in [2.05, 4.69) is 5.32 Å². The van der Waals surface area contributed by atoms with Gasteiger partial charge in [0.25, 0.3) is 0 Å². The van der Waals surface area contributed by atoms with Crippen LogP contribution in [0.4, 0.5) is 0 Å². The van der Waals surface area contributed by atoms with Gasteiger partial charge in [-0.15, -0.1) is 11.8 Å². The van der Waals surface area contributed by atoms with E-state index in [4.69, 9.17) is 9.84 Å². The van der Waals surface area contributed by atoms with Gasteiger partial charge in [-0.25, -0.2) is 0 Å². The van der Waals surface area contributed by atoms with E-state index in [1.54, 1.807) is 0 Å². The highest BCUT2D eigenvalue weighted by atomic mass is 32.2. The number of thioether (sulfide) groups is 1. The van der Waals surface area contributed by atoms with Crippen molar-refractivity contribution in [2.45, 2.75) is 37.6 Å². The largest absolute Gasteiger partial charge is 0.494 e. The fourth-order valence-electron chi connectivity index (χ4n) is 1.75. The number of nitrogens with one attached hydrogen (secondary N) is 1. The van der Waals surface area contributed by atoms with Gasteiger partial charge in [0.05, 0.1) is 12.4 Å². The summed E-state index contributed by atoms with van der Waals surface area (Å²) >= 11 is 1.50. The Morgan fingerprint density at radius 1 is 1.35 bits per heavy atom. The minimum atomic E-state index is 0.00387. The first-order chi connectivity index (χ1) is 9.69. The second kappa shape index (κ2) is 9.66. The van der Waals surface area contributed by atoms with Crippen LogP contribution in [0.25, 0.3) is 0 Å². The second-order valence-corrected chi connectivity index (χ2v) is 5.43. The van der Waals surface area contributed by atoms with E-state index in [0.717, 1.165) is 17.1 Å². The maximum Gasteiger partial charge on any atom is 0.230 e. The van der Waals surface area contributed by atoms with E-state index < -0.39 is 0 Å². The Morgan fingerprint density at radius 2 is 2.05 bits per heavy atom. The van der Waals surface area contributed by atoms with Crippen LogP contribution in [-0.2, 0) is 4.79 Å². The second-order valence-electron chi connectivity index (χ2n) is 4.38. The molecule has 0 heterocycles. The Balaban J connectivity index is 2.36. The lowest BCUT2D eigenvalue weighted by atomic mass is 10.1. The molecule has 0 fully saturated rings. The van der Waals surface area contributed by atoms with Crippen LogP contribution in [0.3, 0.4) is 0 Å². The molecule has 1 amide bonds. The van der Waals surface area contributed by atoms with Crippen molar-refractivity contribution in [3.8, 4) is 5.75 Å². The van der Waals surface area contributed by atoms with Crippen molar-refractivity contribution in [2.24, 2.45) is 0 Å². The molecule has 0 aromatic heterocycles. The summed E-state index contributed by atoms with van der Waals surface area (Å²) in [7, 11) is 0. The van der Waals surface area contributed by atoms with Crippen LogP contribution in [0.1, 0.15) is 26.7 Å². The summed E-state index contributed by atoms with van der Waals surface area (Å²) in [5.74, 6) is 1.23. The van der Waals surface area contributed by atoms with Crippen LogP contribution in [0.15, 0.2) is 29.2 Å². The molecule has 0 spiro atoms. The van der Waals surface area contributed by atoms with Crippen LogP contribution in [-0.4, -0.2) is 36.0 Å². The molecule has 0 radical (unpaired) electrons. The molecule has 4 nitrogen and oxygen atoms in total. The van der Waals surface area contributed by atoms with Crippen molar-refractivity contribution in [3.63, 3.8) is 0 Å². The fourth-order valence-corrected chi connectivity index (χ4v) is 2.46. The van der Waals surface area contributed by atoms with E-state index in [1.165, 1.54) is 11.8 Å². The lowest BCUT2D eigenvalue weighted by molar-refractivity contribution is -0.119. The van der Waals surface area contributed by atoms with Crippen LogP contribution in [0, 0.1) is 0 Å². The molecule has 1 rings (SSSR count). The zero-order chi connectivity index (χ0) is 14.8. The molecular formula is C15H23NO3S. The van der Waals surface area contributed by atoms with E-state index in [0.29, 0.717) is 18.8 Å². The van der Waals surface area contributed by atoms with E-state index >= 15 is 0 Å². The predicted molar refractivity (Wildman–Crippen MR) is 82.3 cm³/mol. The van der Waals surface area contributed by atoms with Gasteiger partial charge in [-0.2, -0.15) is 0 Å².